The number of piperazine rings is 1. The van der Waals surface area contributed by atoms with Crippen LogP contribution < -0.4 is 15.0 Å². The van der Waals surface area contributed by atoms with Crippen molar-refractivity contribution in [3.8, 4) is 5.75 Å². The molecule has 1 fully saturated rings. The Kier molecular flexibility index (Phi) is 6.30. The Hall–Kier alpha value is -4.40. The van der Waals surface area contributed by atoms with Crippen LogP contribution in [0.5, 0.6) is 5.75 Å². The van der Waals surface area contributed by atoms with Crippen LogP contribution in [0.3, 0.4) is 0 Å². The lowest BCUT2D eigenvalue weighted by Crippen LogP contribution is -2.51. The van der Waals surface area contributed by atoms with E-state index in [1.807, 2.05) is 36.4 Å². The van der Waals surface area contributed by atoms with E-state index in [2.05, 4.69) is 43.4 Å². The van der Waals surface area contributed by atoms with Crippen molar-refractivity contribution in [1.29, 1.82) is 0 Å². The summed E-state index contributed by atoms with van der Waals surface area (Å²) in [7, 11) is 1.66. The highest BCUT2D eigenvalue weighted by atomic mass is 16.5. The van der Waals surface area contributed by atoms with Gasteiger partial charge in [0, 0.05) is 25.0 Å². The first-order valence-electron chi connectivity index (χ1n) is 11.4. The maximum absolute atomic E-state index is 12.2. The summed E-state index contributed by atoms with van der Waals surface area (Å²) < 4.78 is 5.41. The number of methoxy groups -OCH3 is 1. The number of nitrogens with one attached hydrogen (secondary N) is 2. The van der Waals surface area contributed by atoms with Crippen LogP contribution in [-0.2, 0) is 29.2 Å². The minimum Gasteiger partial charge on any atom is -0.497 e. The van der Waals surface area contributed by atoms with E-state index in [4.69, 9.17) is 4.74 Å². The van der Waals surface area contributed by atoms with Gasteiger partial charge in [-0.2, -0.15) is 0 Å². The second-order valence-electron chi connectivity index (χ2n) is 8.49. The maximum Gasteiger partial charge on any atom is 0.242 e. The average molecular weight is 471 g/mol. The number of aromatic amines is 1. The molecule has 2 aromatic heterocycles. The number of H-pyrrole nitrogens is 1. The van der Waals surface area contributed by atoms with Gasteiger partial charge in [-0.3, -0.25) is 14.6 Å². The molecule has 9 heteroatoms. The molecule has 178 valence electrons. The smallest absolute Gasteiger partial charge is 0.242 e. The van der Waals surface area contributed by atoms with Gasteiger partial charge in [0.2, 0.25) is 11.8 Å². The Labute approximate surface area is 202 Å². The van der Waals surface area contributed by atoms with Crippen molar-refractivity contribution in [2.24, 2.45) is 0 Å². The summed E-state index contributed by atoms with van der Waals surface area (Å²) in [5.41, 5.74) is 5.84. The number of nitrogens with zero attached hydrogens (tertiary/aromatic N) is 4. The number of benzene rings is 2. The average Bonchev–Trinajstić information content (AvgIpc) is 3.34. The van der Waals surface area contributed by atoms with Crippen LogP contribution in [-0.4, -0.2) is 51.9 Å². The van der Waals surface area contributed by atoms with Gasteiger partial charge in [0.15, 0.2) is 0 Å². The number of anilines is 1. The molecule has 3 heterocycles. The van der Waals surface area contributed by atoms with E-state index in [9.17, 15) is 9.59 Å². The zero-order valence-corrected chi connectivity index (χ0v) is 19.4. The van der Waals surface area contributed by atoms with Crippen LogP contribution in [0.1, 0.15) is 16.8 Å². The molecule has 9 nitrogen and oxygen atoms in total. The van der Waals surface area contributed by atoms with Crippen LogP contribution in [0.15, 0.2) is 67.1 Å². The molecule has 0 bridgehead atoms. The van der Waals surface area contributed by atoms with Gasteiger partial charge in [0.05, 0.1) is 49.8 Å². The Bertz CT molecular complexity index is 1370. The second-order valence-corrected chi connectivity index (χ2v) is 8.49. The molecule has 0 atom stereocenters. The van der Waals surface area contributed by atoms with Crippen LogP contribution in [0.25, 0.3) is 11.0 Å². The standard InChI is InChI=1S/C26H26N6O3/c1-35-22-4-2-3-18(9-22)13-31(14-19-5-6-23-24(10-19)30-17-29-23)21-7-8-27-20(11-21)15-32-16-25(33)28-12-26(32)34/h2-11,17H,12-16H2,1H3,(H,28,33)(H,29,30). The normalized spacial score (nSPS) is 13.7. The van der Waals surface area contributed by atoms with Crippen molar-refractivity contribution in [3.63, 3.8) is 0 Å². The molecule has 0 spiro atoms. The number of fused-ring (bicyclic) bond motifs is 1. The monoisotopic (exact) mass is 470 g/mol. The van der Waals surface area contributed by atoms with Crippen LogP contribution in [0, 0.1) is 0 Å². The SMILES string of the molecule is COc1cccc(CN(Cc2ccc3nc[nH]c3c2)c2ccnc(CN3CC(=O)NCC3=O)c2)c1. The summed E-state index contributed by atoms with van der Waals surface area (Å²) in [6.45, 7) is 1.65. The lowest BCUT2D eigenvalue weighted by Gasteiger charge is -2.28. The van der Waals surface area contributed by atoms with Crippen molar-refractivity contribution < 1.29 is 14.3 Å². The van der Waals surface area contributed by atoms with E-state index in [1.165, 1.54) is 4.90 Å². The molecular weight excluding hydrogens is 444 g/mol. The predicted molar refractivity (Wildman–Crippen MR) is 132 cm³/mol. The van der Waals surface area contributed by atoms with E-state index >= 15 is 0 Å². The molecule has 5 rings (SSSR count). The van der Waals surface area contributed by atoms with E-state index < -0.39 is 0 Å². The maximum atomic E-state index is 12.2. The van der Waals surface area contributed by atoms with Crippen LogP contribution in [0.2, 0.25) is 0 Å². The molecule has 0 radical (unpaired) electrons. The summed E-state index contributed by atoms with van der Waals surface area (Å²) in [6.07, 6.45) is 3.44. The third-order valence-electron chi connectivity index (χ3n) is 6.01. The molecule has 35 heavy (non-hydrogen) atoms. The summed E-state index contributed by atoms with van der Waals surface area (Å²) in [5, 5.41) is 2.58. The number of carbonyl (C=O) groups excluding carboxylic acids is 2. The van der Waals surface area contributed by atoms with Crippen molar-refractivity contribution in [1.82, 2.24) is 25.2 Å². The number of amides is 2. The second kappa shape index (κ2) is 9.84. The first-order valence-corrected chi connectivity index (χ1v) is 11.4. The zero-order valence-electron chi connectivity index (χ0n) is 19.4. The topological polar surface area (TPSA) is 103 Å². The number of aromatic nitrogens is 3. The minimum absolute atomic E-state index is 0.0244. The van der Waals surface area contributed by atoms with E-state index in [0.717, 1.165) is 39.3 Å². The van der Waals surface area contributed by atoms with Gasteiger partial charge in [-0.05, 0) is 47.5 Å². The molecule has 2 amide bonds. The molecule has 1 aliphatic rings. The molecule has 1 saturated heterocycles. The number of hydrogen-bond acceptors (Lipinski definition) is 6. The molecule has 2 N–H and O–H groups in total. The molecule has 2 aromatic carbocycles. The van der Waals surface area contributed by atoms with E-state index in [1.54, 1.807) is 19.6 Å². The minimum atomic E-state index is -0.158. The fourth-order valence-electron chi connectivity index (χ4n) is 4.22. The fourth-order valence-corrected chi connectivity index (χ4v) is 4.22. The third kappa shape index (κ3) is 5.24. The number of pyridine rings is 1. The molecule has 0 saturated carbocycles. The highest BCUT2D eigenvalue weighted by molar-refractivity contribution is 5.92. The predicted octanol–water partition coefficient (Wildman–Crippen LogP) is 2.63. The molecule has 0 unspecified atom stereocenters. The Balaban J connectivity index is 1.43. The molecule has 1 aliphatic heterocycles. The summed E-state index contributed by atoms with van der Waals surface area (Å²) in [4.78, 5) is 39.7. The van der Waals surface area contributed by atoms with Crippen molar-refractivity contribution >= 4 is 28.5 Å². The number of ether oxygens (including phenoxy) is 1. The first-order chi connectivity index (χ1) is 17.1. The summed E-state index contributed by atoms with van der Waals surface area (Å²) in [6, 6.07) is 18.1. The van der Waals surface area contributed by atoms with Crippen LogP contribution >= 0.6 is 0 Å². The summed E-state index contributed by atoms with van der Waals surface area (Å²) >= 11 is 0. The fraction of sp³-hybridized carbons (Fsp3) is 0.231. The van der Waals surface area contributed by atoms with Crippen molar-refractivity contribution in [2.75, 3.05) is 25.1 Å². The number of rotatable bonds is 8. The van der Waals surface area contributed by atoms with Crippen LogP contribution in [0.4, 0.5) is 5.69 Å². The van der Waals surface area contributed by atoms with Gasteiger partial charge in [-0.25, -0.2) is 4.98 Å². The van der Waals surface area contributed by atoms with Gasteiger partial charge >= 0.3 is 0 Å². The van der Waals surface area contributed by atoms with Crippen molar-refractivity contribution in [3.05, 3.63) is 83.9 Å². The number of carbonyl (C=O) groups is 2. The largest absolute Gasteiger partial charge is 0.497 e. The van der Waals surface area contributed by atoms with Gasteiger partial charge in [0.25, 0.3) is 0 Å². The molecule has 0 aliphatic carbocycles. The Morgan fingerprint density at radius 1 is 1.03 bits per heavy atom. The highest BCUT2D eigenvalue weighted by Gasteiger charge is 2.23. The van der Waals surface area contributed by atoms with E-state index in [-0.39, 0.29) is 31.4 Å². The zero-order chi connectivity index (χ0) is 24.2. The third-order valence-corrected chi connectivity index (χ3v) is 6.01. The van der Waals surface area contributed by atoms with Crippen molar-refractivity contribution in [2.45, 2.75) is 19.6 Å². The quantitative estimate of drug-likeness (QED) is 0.410. The van der Waals surface area contributed by atoms with Gasteiger partial charge < -0.3 is 24.8 Å². The number of imidazole rings is 1. The molecule has 4 aromatic rings. The molecular formula is C26H26N6O3. The van der Waals surface area contributed by atoms with Gasteiger partial charge in [0.1, 0.15) is 5.75 Å². The summed E-state index contributed by atoms with van der Waals surface area (Å²) in [5.74, 6) is 0.533. The Morgan fingerprint density at radius 3 is 2.74 bits per heavy atom. The lowest BCUT2D eigenvalue weighted by atomic mass is 10.1. The van der Waals surface area contributed by atoms with Gasteiger partial charge in [-0.15, -0.1) is 0 Å². The lowest BCUT2D eigenvalue weighted by molar-refractivity contribution is -0.141. The highest BCUT2D eigenvalue weighted by Crippen LogP contribution is 2.24. The first kappa shape index (κ1) is 22.4. The number of hydrogen-bond donors (Lipinski definition) is 2. The van der Waals surface area contributed by atoms with E-state index in [0.29, 0.717) is 13.1 Å². The van der Waals surface area contributed by atoms with Gasteiger partial charge in [-0.1, -0.05) is 18.2 Å². The Morgan fingerprint density at radius 2 is 1.89 bits per heavy atom.